The van der Waals surface area contributed by atoms with Crippen molar-refractivity contribution in [1.82, 2.24) is 25.2 Å². The molecular formula is C5H8N6O. The molecule has 64 valence electrons. The predicted octanol–water partition coefficient (Wildman–Crippen LogP) is -1.32. The molecule has 0 unspecified atom stereocenters. The zero-order valence-corrected chi connectivity index (χ0v) is 6.58. The molecule has 0 bridgehead atoms. The highest BCUT2D eigenvalue weighted by Crippen LogP contribution is 2.01. The minimum atomic E-state index is -0.104. The first-order valence-corrected chi connectivity index (χ1v) is 3.55. The molecule has 1 aliphatic rings. The molecule has 0 saturated carbocycles. The minimum Gasteiger partial charge on any atom is -0.324 e. The summed E-state index contributed by atoms with van der Waals surface area (Å²) in [6.45, 7) is 1.30. The summed E-state index contributed by atoms with van der Waals surface area (Å²) in [5.41, 5.74) is 0. The van der Waals surface area contributed by atoms with Gasteiger partial charge in [0.05, 0.1) is 6.54 Å². The molecule has 1 saturated heterocycles. The lowest BCUT2D eigenvalue weighted by Gasteiger charge is -2.11. The molecule has 0 radical (unpaired) electrons. The van der Waals surface area contributed by atoms with Gasteiger partial charge in [-0.1, -0.05) is 4.91 Å². The largest absolute Gasteiger partial charge is 0.341 e. The third-order valence-electron chi connectivity index (χ3n) is 1.75. The maximum atomic E-state index is 11.3. The Morgan fingerprint density at radius 1 is 1.50 bits per heavy atom. The van der Waals surface area contributed by atoms with Gasteiger partial charge in [0.2, 0.25) is 0 Å². The third kappa shape index (κ3) is 0.900. The van der Waals surface area contributed by atoms with Crippen LogP contribution in [0.15, 0.2) is 6.33 Å². The van der Waals surface area contributed by atoms with Crippen LogP contribution < -0.4 is 5.01 Å². The summed E-state index contributed by atoms with van der Waals surface area (Å²) in [5, 5.41) is 12.3. The molecule has 1 fully saturated rings. The number of carbonyl (C=O) groups is 1. The van der Waals surface area contributed by atoms with Crippen LogP contribution in [0.3, 0.4) is 0 Å². The van der Waals surface area contributed by atoms with Gasteiger partial charge in [-0.05, 0) is 5.21 Å². The summed E-state index contributed by atoms with van der Waals surface area (Å²) in [5.74, 6) is 0. The van der Waals surface area contributed by atoms with Crippen molar-refractivity contribution in [3.05, 3.63) is 6.33 Å². The zero-order valence-electron chi connectivity index (χ0n) is 6.58. The van der Waals surface area contributed by atoms with E-state index >= 15 is 0 Å². The van der Waals surface area contributed by atoms with Crippen LogP contribution in [0, 0.1) is 0 Å². The summed E-state index contributed by atoms with van der Waals surface area (Å²) in [4.78, 5) is 14.1. The molecule has 12 heavy (non-hydrogen) atoms. The Morgan fingerprint density at radius 2 is 2.33 bits per heavy atom. The van der Waals surface area contributed by atoms with Gasteiger partial charge in [-0.3, -0.25) is 0 Å². The molecule has 2 heterocycles. The van der Waals surface area contributed by atoms with Crippen LogP contribution in [0.2, 0.25) is 0 Å². The van der Waals surface area contributed by atoms with E-state index in [0.29, 0.717) is 13.1 Å². The fraction of sp³-hybridized carbons (Fsp3) is 0.600. The molecule has 7 nitrogen and oxygen atoms in total. The van der Waals surface area contributed by atoms with E-state index in [4.69, 9.17) is 0 Å². The molecule has 0 aliphatic carbocycles. The molecular weight excluding hydrogens is 160 g/mol. The van der Waals surface area contributed by atoms with Crippen molar-refractivity contribution < 1.29 is 4.79 Å². The normalized spacial score (nSPS) is 17.6. The molecule has 7 heteroatoms. The van der Waals surface area contributed by atoms with Gasteiger partial charge in [0, 0.05) is 13.6 Å². The lowest BCUT2D eigenvalue weighted by atomic mass is 10.7. The third-order valence-corrected chi connectivity index (χ3v) is 1.75. The second-order valence-electron chi connectivity index (χ2n) is 2.53. The highest BCUT2D eigenvalue weighted by Gasteiger charge is 2.27. The first-order chi connectivity index (χ1) is 5.79. The van der Waals surface area contributed by atoms with Crippen LogP contribution in [-0.4, -0.2) is 51.4 Å². The number of hydrogen-bond donors (Lipinski definition) is 0. The van der Waals surface area contributed by atoms with E-state index in [0.717, 1.165) is 0 Å². The lowest BCUT2D eigenvalue weighted by Crippen LogP contribution is -2.39. The zero-order chi connectivity index (χ0) is 8.55. The van der Waals surface area contributed by atoms with Gasteiger partial charge >= 0.3 is 6.03 Å². The van der Waals surface area contributed by atoms with Gasteiger partial charge < -0.3 is 4.90 Å². The van der Waals surface area contributed by atoms with Crippen molar-refractivity contribution in [2.24, 2.45) is 0 Å². The number of carbonyl (C=O) groups excluding carboxylic acids is 1. The molecule has 0 atom stereocenters. The van der Waals surface area contributed by atoms with Crippen molar-refractivity contribution >= 4 is 6.03 Å². The minimum absolute atomic E-state index is 0.104. The maximum absolute atomic E-state index is 11.3. The van der Waals surface area contributed by atoms with E-state index < -0.39 is 0 Å². The molecule has 1 aliphatic heterocycles. The van der Waals surface area contributed by atoms with E-state index in [-0.39, 0.29) is 6.03 Å². The van der Waals surface area contributed by atoms with Gasteiger partial charge in [-0.25, -0.2) is 4.79 Å². The summed E-state index contributed by atoms with van der Waals surface area (Å²) < 4.78 is 0. The van der Waals surface area contributed by atoms with Gasteiger partial charge in [0.15, 0.2) is 6.33 Å². The first-order valence-electron chi connectivity index (χ1n) is 3.55. The Balaban J connectivity index is 2.22. The summed E-state index contributed by atoms with van der Waals surface area (Å²) >= 11 is 0. The fourth-order valence-corrected chi connectivity index (χ4v) is 1.07. The number of rotatable bonds is 1. The van der Waals surface area contributed by atoms with Crippen LogP contribution in [0.4, 0.5) is 4.79 Å². The number of hydrogen-bond acceptors (Lipinski definition) is 4. The van der Waals surface area contributed by atoms with E-state index in [1.54, 1.807) is 11.9 Å². The van der Waals surface area contributed by atoms with Crippen molar-refractivity contribution in [3.63, 3.8) is 0 Å². The van der Waals surface area contributed by atoms with Crippen molar-refractivity contribution in [2.45, 2.75) is 0 Å². The van der Waals surface area contributed by atoms with E-state index in [1.807, 2.05) is 0 Å². The smallest absolute Gasteiger partial charge is 0.324 e. The van der Waals surface area contributed by atoms with Crippen molar-refractivity contribution in [2.75, 3.05) is 25.1 Å². The second-order valence-corrected chi connectivity index (χ2v) is 2.53. The SMILES string of the molecule is CN1CCN(n2ncnn2)C1=O. The number of amides is 2. The quantitative estimate of drug-likeness (QED) is 0.521. The molecule has 1 aromatic heterocycles. The van der Waals surface area contributed by atoms with Crippen LogP contribution in [0.25, 0.3) is 0 Å². The average molecular weight is 168 g/mol. The Labute approximate surface area is 68.5 Å². The molecule has 2 amide bonds. The van der Waals surface area contributed by atoms with Gasteiger partial charge in [-0.15, -0.1) is 10.2 Å². The van der Waals surface area contributed by atoms with Gasteiger partial charge in [-0.2, -0.15) is 5.01 Å². The number of urea groups is 1. The van der Waals surface area contributed by atoms with E-state index in [1.165, 1.54) is 16.2 Å². The number of tetrazole rings is 1. The number of aromatic nitrogens is 4. The summed E-state index contributed by atoms with van der Waals surface area (Å²) in [6, 6.07) is -0.104. The Hall–Kier alpha value is -1.66. The van der Waals surface area contributed by atoms with Gasteiger partial charge in [0.25, 0.3) is 0 Å². The molecule has 2 rings (SSSR count). The van der Waals surface area contributed by atoms with E-state index in [9.17, 15) is 4.79 Å². The molecule has 0 N–H and O–H groups in total. The maximum Gasteiger partial charge on any atom is 0.341 e. The molecule has 1 aromatic rings. The summed E-state index contributed by atoms with van der Waals surface area (Å²) in [6.07, 6.45) is 1.30. The second kappa shape index (κ2) is 2.43. The van der Waals surface area contributed by atoms with Crippen LogP contribution in [0.5, 0.6) is 0 Å². The Kier molecular flexibility index (Phi) is 1.42. The standard InChI is InChI=1S/C5H8N6O/c1-9-2-3-10(5(9)12)11-7-4-6-8-11/h4H,2-3H2,1H3. The lowest BCUT2D eigenvalue weighted by molar-refractivity contribution is 0.223. The summed E-state index contributed by atoms with van der Waals surface area (Å²) in [7, 11) is 1.74. The van der Waals surface area contributed by atoms with E-state index in [2.05, 4.69) is 15.4 Å². The number of likely N-dealkylation sites (N-methyl/N-ethyl adjacent to an activating group) is 1. The van der Waals surface area contributed by atoms with Crippen molar-refractivity contribution in [1.29, 1.82) is 0 Å². The van der Waals surface area contributed by atoms with Crippen LogP contribution >= 0.6 is 0 Å². The van der Waals surface area contributed by atoms with Gasteiger partial charge in [0.1, 0.15) is 0 Å². The van der Waals surface area contributed by atoms with Crippen LogP contribution in [-0.2, 0) is 0 Å². The number of nitrogens with zero attached hydrogens (tertiary/aromatic N) is 6. The first kappa shape index (κ1) is 7.01. The Bertz CT molecular complexity index is 282. The average Bonchev–Trinajstić information content (AvgIpc) is 2.64. The highest BCUT2D eigenvalue weighted by molar-refractivity contribution is 5.85. The predicted molar refractivity (Wildman–Crippen MR) is 38.9 cm³/mol. The van der Waals surface area contributed by atoms with Crippen molar-refractivity contribution in [3.8, 4) is 0 Å². The highest BCUT2D eigenvalue weighted by atomic mass is 16.2. The topological polar surface area (TPSA) is 67.2 Å². The monoisotopic (exact) mass is 168 g/mol. The molecule has 0 aromatic carbocycles. The molecule has 0 spiro atoms. The van der Waals surface area contributed by atoms with Crippen LogP contribution in [0.1, 0.15) is 0 Å². The fourth-order valence-electron chi connectivity index (χ4n) is 1.07. The Morgan fingerprint density at radius 3 is 2.83 bits per heavy atom.